The van der Waals surface area contributed by atoms with Gasteiger partial charge in [-0.15, -0.1) is 11.3 Å². The fourth-order valence-corrected chi connectivity index (χ4v) is 3.02. The van der Waals surface area contributed by atoms with E-state index in [0.29, 0.717) is 5.56 Å². The van der Waals surface area contributed by atoms with E-state index in [1.807, 2.05) is 25.3 Å². The number of aromatic carboxylic acids is 1. The third-order valence-electron chi connectivity index (χ3n) is 3.06. The molecule has 90 valence electrons. The Kier molecular flexibility index (Phi) is 3.07. The highest BCUT2D eigenvalue weighted by atomic mass is 32.1. The molecule has 17 heavy (non-hydrogen) atoms. The van der Waals surface area contributed by atoms with Crippen LogP contribution in [0.5, 0.6) is 0 Å². The molecule has 0 aliphatic carbocycles. The minimum absolute atomic E-state index is 0.183. The normalized spacial score (nSPS) is 12.6. The van der Waals surface area contributed by atoms with Crippen LogP contribution in [0.25, 0.3) is 0 Å². The van der Waals surface area contributed by atoms with Crippen molar-refractivity contribution in [2.75, 3.05) is 0 Å². The van der Waals surface area contributed by atoms with Gasteiger partial charge in [0.15, 0.2) is 0 Å². The maximum absolute atomic E-state index is 11.1. The summed E-state index contributed by atoms with van der Waals surface area (Å²) in [5.74, 6) is -0.859. The SMILES string of the molecule is Cc1cc(C(=O)O)c(C)n1C(C)c1cccs1. The monoisotopic (exact) mass is 249 g/mol. The molecule has 0 amide bonds. The molecule has 1 unspecified atom stereocenters. The number of hydrogen-bond acceptors (Lipinski definition) is 2. The molecular formula is C13H15NO2S. The number of rotatable bonds is 3. The average molecular weight is 249 g/mol. The minimum Gasteiger partial charge on any atom is -0.478 e. The van der Waals surface area contributed by atoms with E-state index in [1.54, 1.807) is 17.4 Å². The Labute approximate surface area is 104 Å². The quantitative estimate of drug-likeness (QED) is 0.905. The molecule has 4 heteroatoms. The lowest BCUT2D eigenvalue weighted by molar-refractivity contribution is 0.0696. The van der Waals surface area contributed by atoms with Crippen LogP contribution in [-0.4, -0.2) is 15.6 Å². The highest BCUT2D eigenvalue weighted by Crippen LogP contribution is 2.28. The smallest absolute Gasteiger partial charge is 0.337 e. The summed E-state index contributed by atoms with van der Waals surface area (Å²) in [5, 5.41) is 11.1. The summed E-state index contributed by atoms with van der Waals surface area (Å²) in [5.41, 5.74) is 2.20. The predicted molar refractivity (Wildman–Crippen MR) is 69.0 cm³/mol. The zero-order valence-electron chi connectivity index (χ0n) is 10.1. The van der Waals surface area contributed by atoms with E-state index < -0.39 is 5.97 Å². The van der Waals surface area contributed by atoms with Crippen LogP contribution in [-0.2, 0) is 0 Å². The third kappa shape index (κ3) is 2.00. The number of carbonyl (C=O) groups is 1. The summed E-state index contributed by atoms with van der Waals surface area (Å²) in [6.07, 6.45) is 0. The molecular weight excluding hydrogens is 234 g/mol. The summed E-state index contributed by atoms with van der Waals surface area (Å²) in [6, 6.07) is 6.02. The number of nitrogens with zero attached hydrogens (tertiary/aromatic N) is 1. The van der Waals surface area contributed by atoms with Crippen molar-refractivity contribution >= 4 is 17.3 Å². The lowest BCUT2D eigenvalue weighted by atomic mass is 10.2. The molecule has 2 aromatic rings. The van der Waals surface area contributed by atoms with Crippen molar-refractivity contribution in [1.82, 2.24) is 4.57 Å². The summed E-state index contributed by atoms with van der Waals surface area (Å²) in [4.78, 5) is 12.3. The van der Waals surface area contributed by atoms with Gasteiger partial charge in [-0.2, -0.15) is 0 Å². The Morgan fingerprint density at radius 1 is 1.47 bits per heavy atom. The third-order valence-corrected chi connectivity index (χ3v) is 4.10. The van der Waals surface area contributed by atoms with Crippen LogP contribution in [0.3, 0.4) is 0 Å². The molecule has 2 heterocycles. The Hall–Kier alpha value is -1.55. The number of thiophene rings is 1. The molecule has 1 N–H and O–H groups in total. The van der Waals surface area contributed by atoms with Crippen LogP contribution in [0.4, 0.5) is 0 Å². The number of carboxylic acid groups (broad SMARTS) is 1. The van der Waals surface area contributed by atoms with Gasteiger partial charge in [0.25, 0.3) is 0 Å². The lowest BCUT2D eigenvalue weighted by Crippen LogP contribution is -2.10. The van der Waals surface area contributed by atoms with Crippen LogP contribution in [0, 0.1) is 13.8 Å². The lowest BCUT2D eigenvalue weighted by Gasteiger charge is -2.17. The number of carboxylic acids is 1. The summed E-state index contributed by atoms with van der Waals surface area (Å²) in [6.45, 7) is 5.90. The van der Waals surface area contributed by atoms with Crippen LogP contribution >= 0.6 is 11.3 Å². The Bertz CT molecular complexity index is 540. The van der Waals surface area contributed by atoms with Gasteiger partial charge in [-0.1, -0.05) is 6.07 Å². The molecule has 0 aliphatic heterocycles. The second-order valence-electron chi connectivity index (χ2n) is 4.15. The van der Waals surface area contributed by atoms with Crippen molar-refractivity contribution in [2.24, 2.45) is 0 Å². The first-order valence-corrected chi connectivity index (χ1v) is 6.35. The van der Waals surface area contributed by atoms with Crippen molar-refractivity contribution in [2.45, 2.75) is 26.8 Å². The van der Waals surface area contributed by atoms with Gasteiger partial charge in [0.1, 0.15) is 0 Å². The molecule has 2 rings (SSSR count). The second-order valence-corrected chi connectivity index (χ2v) is 5.13. The van der Waals surface area contributed by atoms with Gasteiger partial charge in [0.2, 0.25) is 0 Å². The standard InChI is InChI=1S/C13H15NO2S/c1-8-7-11(13(15)16)9(2)14(8)10(3)12-5-4-6-17-12/h4-7,10H,1-3H3,(H,15,16). The van der Waals surface area contributed by atoms with Crippen molar-refractivity contribution in [1.29, 1.82) is 0 Å². The average Bonchev–Trinajstić information content (AvgIpc) is 2.86. The first-order chi connectivity index (χ1) is 8.02. The van der Waals surface area contributed by atoms with Gasteiger partial charge in [-0.25, -0.2) is 4.79 Å². The highest BCUT2D eigenvalue weighted by molar-refractivity contribution is 7.10. The number of aromatic nitrogens is 1. The Morgan fingerprint density at radius 3 is 2.65 bits per heavy atom. The van der Waals surface area contributed by atoms with Crippen LogP contribution < -0.4 is 0 Å². The minimum atomic E-state index is -0.859. The fourth-order valence-electron chi connectivity index (χ4n) is 2.25. The Balaban J connectivity index is 2.49. The topological polar surface area (TPSA) is 42.2 Å². The van der Waals surface area contributed by atoms with Gasteiger partial charge in [-0.05, 0) is 38.3 Å². The molecule has 0 aliphatic rings. The van der Waals surface area contributed by atoms with Gasteiger partial charge in [0.05, 0.1) is 11.6 Å². The second kappa shape index (κ2) is 4.37. The zero-order chi connectivity index (χ0) is 12.6. The molecule has 3 nitrogen and oxygen atoms in total. The van der Waals surface area contributed by atoms with E-state index in [9.17, 15) is 4.79 Å². The maximum Gasteiger partial charge on any atom is 0.337 e. The van der Waals surface area contributed by atoms with Crippen molar-refractivity contribution < 1.29 is 9.90 Å². The van der Waals surface area contributed by atoms with Crippen LogP contribution in [0.1, 0.15) is 39.6 Å². The molecule has 0 radical (unpaired) electrons. The van der Waals surface area contributed by atoms with E-state index >= 15 is 0 Å². The maximum atomic E-state index is 11.1. The summed E-state index contributed by atoms with van der Waals surface area (Å²) < 4.78 is 2.08. The van der Waals surface area contributed by atoms with E-state index in [2.05, 4.69) is 17.6 Å². The first kappa shape index (κ1) is 11.9. The molecule has 0 fully saturated rings. The van der Waals surface area contributed by atoms with Gasteiger partial charge in [-0.3, -0.25) is 0 Å². The van der Waals surface area contributed by atoms with E-state index in [4.69, 9.17) is 5.11 Å². The van der Waals surface area contributed by atoms with Gasteiger partial charge < -0.3 is 9.67 Å². The summed E-state index contributed by atoms with van der Waals surface area (Å²) in [7, 11) is 0. The van der Waals surface area contributed by atoms with Crippen molar-refractivity contribution in [3.05, 3.63) is 45.4 Å². The summed E-state index contributed by atoms with van der Waals surface area (Å²) >= 11 is 1.69. The molecule has 0 spiro atoms. The number of hydrogen-bond donors (Lipinski definition) is 1. The molecule has 0 saturated carbocycles. The van der Waals surface area contributed by atoms with Crippen molar-refractivity contribution in [3.63, 3.8) is 0 Å². The largest absolute Gasteiger partial charge is 0.478 e. The van der Waals surface area contributed by atoms with Gasteiger partial charge >= 0.3 is 5.97 Å². The molecule has 0 bridgehead atoms. The number of aryl methyl sites for hydroxylation is 1. The van der Waals surface area contributed by atoms with E-state index in [-0.39, 0.29) is 6.04 Å². The molecule has 0 aromatic carbocycles. The van der Waals surface area contributed by atoms with E-state index in [1.165, 1.54) is 4.88 Å². The molecule has 1 atom stereocenters. The Morgan fingerprint density at radius 2 is 2.18 bits per heavy atom. The highest BCUT2D eigenvalue weighted by Gasteiger charge is 2.19. The van der Waals surface area contributed by atoms with Crippen LogP contribution in [0.15, 0.2) is 23.6 Å². The molecule has 0 saturated heterocycles. The fraction of sp³-hybridized carbons (Fsp3) is 0.308. The molecule has 2 aromatic heterocycles. The predicted octanol–water partition coefficient (Wildman–Crippen LogP) is 3.47. The zero-order valence-corrected chi connectivity index (χ0v) is 10.9. The van der Waals surface area contributed by atoms with Crippen molar-refractivity contribution in [3.8, 4) is 0 Å². The van der Waals surface area contributed by atoms with Crippen LogP contribution in [0.2, 0.25) is 0 Å². The van der Waals surface area contributed by atoms with E-state index in [0.717, 1.165) is 11.4 Å². The first-order valence-electron chi connectivity index (χ1n) is 5.47. The van der Waals surface area contributed by atoms with Gasteiger partial charge in [0, 0.05) is 16.3 Å².